The van der Waals surface area contributed by atoms with E-state index in [0.29, 0.717) is 0 Å². The van der Waals surface area contributed by atoms with Crippen LogP contribution in [0.3, 0.4) is 0 Å². The largest absolute Gasteiger partial charge is 0.197 e. The van der Waals surface area contributed by atoms with Crippen LogP contribution in [-0.4, -0.2) is 15.4 Å². The first-order chi connectivity index (χ1) is 7.83. The lowest BCUT2D eigenvalue weighted by Crippen LogP contribution is -1.79. The second-order valence-corrected chi connectivity index (χ2v) is 3.90. The van der Waals surface area contributed by atoms with Gasteiger partial charge in [-0.2, -0.15) is 15.4 Å². The minimum atomic E-state index is 0.899. The van der Waals surface area contributed by atoms with Gasteiger partial charge in [-0.25, -0.2) is 0 Å². The molecule has 0 aliphatic heterocycles. The first-order valence-corrected chi connectivity index (χ1v) is 5.20. The van der Waals surface area contributed by atoms with Gasteiger partial charge in [0.1, 0.15) is 11.0 Å². The molecule has 0 unspecified atom stereocenters. The van der Waals surface area contributed by atoms with Crippen molar-refractivity contribution in [3.8, 4) is 11.1 Å². The van der Waals surface area contributed by atoms with Gasteiger partial charge < -0.3 is 0 Å². The zero-order valence-electron chi connectivity index (χ0n) is 8.94. The third-order valence-electron chi connectivity index (χ3n) is 2.67. The molecule has 0 aliphatic rings. The van der Waals surface area contributed by atoms with E-state index in [9.17, 15) is 0 Å². The van der Waals surface area contributed by atoms with Gasteiger partial charge in [0.2, 0.25) is 0 Å². The summed E-state index contributed by atoms with van der Waals surface area (Å²) in [6.45, 7) is 2.10. The molecule has 0 spiro atoms. The number of hydrogen-bond donors (Lipinski definition) is 1. The highest BCUT2D eigenvalue weighted by Gasteiger charge is 2.02. The van der Waals surface area contributed by atoms with Gasteiger partial charge in [0.15, 0.2) is 0 Å². The lowest BCUT2D eigenvalue weighted by Gasteiger charge is -2.02. The fourth-order valence-corrected chi connectivity index (χ4v) is 1.84. The van der Waals surface area contributed by atoms with E-state index in [2.05, 4.69) is 52.7 Å². The van der Waals surface area contributed by atoms with Gasteiger partial charge in [-0.15, -0.1) is 0 Å². The fourth-order valence-electron chi connectivity index (χ4n) is 1.84. The molecule has 3 nitrogen and oxygen atoms in total. The van der Waals surface area contributed by atoms with Crippen molar-refractivity contribution >= 4 is 11.0 Å². The average molecular weight is 209 g/mol. The fraction of sp³-hybridized carbons (Fsp3) is 0.0769. The zero-order valence-corrected chi connectivity index (χ0v) is 8.94. The third kappa shape index (κ3) is 1.46. The van der Waals surface area contributed by atoms with Crippen LogP contribution in [0, 0.1) is 6.92 Å². The zero-order chi connectivity index (χ0) is 11.0. The predicted molar refractivity (Wildman–Crippen MR) is 64.1 cm³/mol. The highest BCUT2D eigenvalue weighted by atomic mass is 15.3. The monoisotopic (exact) mass is 209 g/mol. The third-order valence-corrected chi connectivity index (χ3v) is 2.67. The van der Waals surface area contributed by atoms with Crippen LogP contribution >= 0.6 is 0 Å². The second-order valence-electron chi connectivity index (χ2n) is 3.90. The van der Waals surface area contributed by atoms with Gasteiger partial charge in [-0.3, -0.25) is 0 Å². The van der Waals surface area contributed by atoms with Gasteiger partial charge in [0.25, 0.3) is 0 Å². The van der Waals surface area contributed by atoms with E-state index in [4.69, 9.17) is 0 Å². The Kier molecular flexibility index (Phi) is 1.96. The van der Waals surface area contributed by atoms with E-state index in [-0.39, 0.29) is 0 Å². The van der Waals surface area contributed by atoms with E-state index >= 15 is 0 Å². The minimum Gasteiger partial charge on any atom is -0.197 e. The molecule has 1 N–H and O–H groups in total. The van der Waals surface area contributed by atoms with Gasteiger partial charge in [-0.05, 0) is 30.2 Å². The number of fused-ring (bicyclic) bond motifs is 1. The standard InChI is InChI=1S/C13H11N3/c1-9-3-2-4-10(7-9)11-5-6-12-13(8-11)15-16-14-12/h2-8H,1H3,(H,14,15,16). The summed E-state index contributed by atoms with van der Waals surface area (Å²) >= 11 is 0. The van der Waals surface area contributed by atoms with E-state index in [1.165, 1.54) is 16.7 Å². The number of rotatable bonds is 1. The molecular weight excluding hydrogens is 198 g/mol. The van der Waals surface area contributed by atoms with Crippen LogP contribution in [0.1, 0.15) is 5.56 Å². The van der Waals surface area contributed by atoms with Crippen molar-refractivity contribution in [2.45, 2.75) is 6.92 Å². The molecule has 1 heterocycles. The maximum atomic E-state index is 4.09. The molecule has 0 saturated heterocycles. The summed E-state index contributed by atoms with van der Waals surface area (Å²) in [5, 5.41) is 10.8. The van der Waals surface area contributed by atoms with Crippen molar-refractivity contribution in [1.29, 1.82) is 0 Å². The van der Waals surface area contributed by atoms with Gasteiger partial charge in [0.05, 0.1) is 0 Å². The molecule has 0 fully saturated rings. The summed E-state index contributed by atoms with van der Waals surface area (Å²) in [7, 11) is 0. The first-order valence-electron chi connectivity index (χ1n) is 5.20. The number of aromatic amines is 1. The number of benzene rings is 2. The van der Waals surface area contributed by atoms with Crippen LogP contribution in [0.5, 0.6) is 0 Å². The lowest BCUT2D eigenvalue weighted by atomic mass is 10.0. The highest BCUT2D eigenvalue weighted by molar-refractivity contribution is 5.80. The number of nitrogens with one attached hydrogen (secondary N) is 1. The minimum absolute atomic E-state index is 0.899. The molecule has 0 bridgehead atoms. The Morgan fingerprint density at radius 3 is 2.56 bits per heavy atom. The summed E-state index contributed by atoms with van der Waals surface area (Å²) in [5.74, 6) is 0. The Morgan fingerprint density at radius 2 is 1.69 bits per heavy atom. The van der Waals surface area contributed by atoms with Crippen LogP contribution in [0.25, 0.3) is 22.2 Å². The number of hydrogen-bond acceptors (Lipinski definition) is 2. The number of aryl methyl sites for hydroxylation is 1. The Balaban J connectivity index is 2.18. The van der Waals surface area contributed by atoms with E-state index < -0.39 is 0 Å². The molecule has 3 heteroatoms. The van der Waals surface area contributed by atoms with Crippen molar-refractivity contribution in [3.63, 3.8) is 0 Å². The van der Waals surface area contributed by atoms with Crippen LogP contribution in [0.15, 0.2) is 42.5 Å². The summed E-state index contributed by atoms with van der Waals surface area (Å²) < 4.78 is 0. The van der Waals surface area contributed by atoms with Crippen molar-refractivity contribution in [1.82, 2.24) is 15.4 Å². The molecule has 78 valence electrons. The van der Waals surface area contributed by atoms with E-state index in [1.807, 2.05) is 12.1 Å². The summed E-state index contributed by atoms with van der Waals surface area (Å²) in [5.41, 5.74) is 5.45. The van der Waals surface area contributed by atoms with Crippen LogP contribution in [0.2, 0.25) is 0 Å². The molecule has 3 rings (SSSR count). The van der Waals surface area contributed by atoms with Crippen LogP contribution in [0.4, 0.5) is 0 Å². The van der Waals surface area contributed by atoms with Crippen molar-refractivity contribution in [3.05, 3.63) is 48.0 Å². The van der Waals surface area contributed by atoms with Crippen molar-refractivity contribution in [2.75, 3.05) is 0 Å². The molecule has 0 radical (unpaired) electrons. The smallest absolute Gasteiger partial charge is 0.113 e. The number of nitrogens with zero attached hydrogens (tertiary/aromatic N) is 2. The maximum absolute atomic E-state index is 4.09. The molecule has 0 amide bonds. The Morgan fingerprint density at radius 1 is 0.875 bits per heavy atom. The molecule has 0 aliphatic carbocycles. The Bertz CT molecular complexity index is 640. The van der Waals surface area contributed by atoms with Gasteiger partial charge >= 0.3 is 0 Å². The maximum Gasteiger partial charge on any atom is 0.113 e. The molecule has 0 atom stereocenters. The lowest BCUT2D eigenvalue weighted by molar-refractivity contribution is 0.959. The van der Waals surface area contributed by atoms with Gasteiger partial charge in [-0.1, -0.05) is 35.9 Å². The van der Waals surface area contributed by atoms with Crippen molar-refractivity contribution in [2.24, 2.45) is 0 Å². The molecule has 2 aromatic carbocycles. The first kappa shape index (κ1) is 9.09. The second kappa shape index (κ2) is 3.45. The topological polar surface area (TPSA) is 41.6 Å². The SMILES string of the molecule is Cc1cccc(-c2ccc3n[nH]nc3c2)c1. The number of aromatic nitrogens is 3. The number of H-pyrrole nitrogens is 1. The van der Waals surface area contributed by atoms with Crippen molar-refractivity contribution < 1.29 is 0 Å². The van der Waals surface area contributed by atoms with E-state index in [0.717, 1.165) is 11.0 Å². The van der Waals surface area contributed by atoms with Gasteiger partial charge in [0, 0.05) is 0 Å². The Labute approximate surface area is 93.1 Å². The molecule has 16 heavy (non-hydrogen) atoms. The molecule has 1 aromatic heterocycles. The normalized spacial score (nSPS) is 10.8. The van der Waals surface area contributed by atoms with E-state index in [1.54, 1.807) is 0 Å². The summed E-state index contributed by atoms with van der Waals surface area (Å²) in [6.07, 6.45) is 0. The molecular formula is C13H11N3. The summed E-state index contributed by atoms with van der Waals surface area (Å²) in [6, 6.07) is 14.5. The van der Waals surface area contributed by atoms with Crippen LogP contribution < -0.4 is 0 Å². The average Bonchev–Trinajstić information content (AvgIpc) is 2.75. The summed E-state index contributed by atoms with van der Waals surface area (Å²) in [4.78, 5) is 0. The Hall–Kier alpha value is -2.16. The van der Waals surface area contributed by atoms with Crippen LogP contribution in [-0.2, 0) is 0 Å². The predicted octanol–water partition coefficient (Wildman–Crippen LogP) is 2.93. The quantitative estimate of drug-likeness (QED) is 0.669. The molecule has 3 aromatic rings. The molecule has 0 saturated carbocycles. The highest BCUT2D eigenvalue weighted by Crippen LogP contribution is 2.22.